The molecule has 0 radical (unpaired) electrons. The van der Waals surface area contributed by atoms with Crippen molar-refractivity contribution in [1.82, 2.24) is 5.32 Å². The van der Waals surface area contributed by atoms with Crippen molar-refractivity contribution in [1.29, 1.82) is 0 Å². The van der Waals surface area contributed by atoms with Crippen LogP contribution in [0.1, 0.15) is 25.7 Å². The Hall–Kier alpha value is -1.63. The summed E-state index contributed by atoms with van der Waals surface area (Å²) in [5.74, 6) is -0.305. The standard InChI is InChI=1S/C17H23N3O3.ClH/c18-17(8-11-23-12-9-17)16(22)19-14-7-4-10-20(15(14)21)13-5-2-1-3-6-13;/h1-3,5-6,14H,4,7-12,18H2,(H,19,22);1H. The third kappa shape index (κ3) is 3.88. The largest absolute Gasteiger partial charge is 0.381 e. The molecule has 2 saturated heterocycles. The monoisotopic (exact) mass is 353 g/mol. The highest BCUT2D eigenvalue weighted by Crippen LogP contribution is 2.22. The molecular weight excluding hydrogens is 330 g/mol. The lowest BCUT2D eigenvalue weighted by molar-refractivity contribution is -0.134. The van der Waals surface area contributed by atoms with Gasteiger partial charge in [0.1, 0.15) is 6.04 Å². The van der Waals surface area contributed by atoms with Crippen LogP contribution < -0.4 is 16.0 Å². The molecule has 2 amide bonds. The van der Waals surface area contributed by atoms with Crippen LogP contribution in [0, 0.1) is 0 Å². The Bertz CT molecular complexity index is 576. The fourth-order valence-corrected chi connectivity index (χ4v) is 3.14. The molecule has 6 nitrogen and oxygen atoms in total. The van der Waals surface area contributed by atoms with Crippen molar-refractivity contribution in [3.8, 4) is 0 Å². The summed E-state index contributed by atoms with van der Waals surface area (Å²) in [7, 11) is 0. The molecule has 2 heterocycles. The molecule has 1 atom stereocenters. The highest BCUT2D eigenvalue weighted by molar-refractivity contribution is 6.00. The molecule has 2 fully saturated rings. The molecule has 0 saturated carbocycles. The molecule has 2 aliphatic rings. The van der Waals surface area contributed by atoms with Crippen molar-refractivity contribution in [2.24, 2.45) is 5.73 Å². The van der Waals surface area contributed by atoms with E-state index >= 15 is 0 Å². The number of hydrogen-bond acceptors (Lipinski definition) is 4. The van der Waals surface area contributed by atoms with Crippen molar-refractivity contribution >= 4 is 29.9 Å². The zero-order valence-electron chi connectivity index (χ0n) is 13.6. The number of anilines is 1. The van der Waals surface area contributed by atoms with Gasteiger partial charge < -0.3 is 20.7 Å². The number of nitrogens with zero attached hydrogens (tertiary/aromatic N) is 1. The molecule has 132 valence electrons. The van der Waals surface area contributed by atoms with Crippen LogP contribution in [0.2, 0.25) is 0 Å². The Morgan fingerprint density at radius 3 is 2.58 bits per heavy atom. The maximum Gasteiger partial charge on any atom is 0.249 e. The zero-order valence-corrected chi connectivity index (χ0v) is 14.4. The van der Waals surface area contributed by atoms with Gasteiger partial charge in [0.2, 0.25) is 11.8 Å². The van der Waals surface area contributed by atoms with E-state index in [-0.39, 0.29) is 24.2 Å². The van der Waals surface area contributed by atoms with Gasteiger partial charge in [-0.3, -0.25) is 9.59 Å². The first-order valence-corrected chi connectivity index (χ1v) is 8.14. The third-order valence-electron chi connectivity index (χ3n) is 4.65. The van der Waals surface area contributed by atoms with Crippen LogP contribution in [0.25, 0.3) is 0 Å². The number of carbonyl (C=O) groups excluding carboxylic acids is 2. The van der Waals surface area contributed by atoms with Crippen LogP contribution in [-0.2, 0) is 14.3 Å². The minimum atomic E-state index is -0.923. The van der Waals surface area contributed by atoms with Gasteiger partial charge in [0, 0.05) is 25.4 Å². The predicted molar refractivity (Wildman–Crippen MR) is 94.2 cm³/mol. The summed E-state index contributed by atoms with van der Waals surface area (Å²) in [5.41, 5.74) is 6.14. The van der Waals surface area contributed by atoms with Crippen molar-refractivity contribution in [2.75, 3.05) is 24.7 Å². The molecule has 3 rings (SSSR count). The predicted octanol–water partition coefficient (Wildman–Crippen LogP) is 1.23. The number of rotatable bonds is 3. The molecule has 1 unspecified atom stereocenters. The minimum Gasteiger partial charge on any atom is -0.381 e. The van der Waals surface area contributed by atoms with Gasteiger partial charge in [-0.25, -0.2) is 0 Å². The number of piperidine rings is 1. The molecule has 3 N–H and O–H groups in total. The molecule has 1 aromatic rings. The summed E-state index contributed by atoms with van der Waals surface area (Å²) < 4.78 is 5.27. The first-order valence-electron chi connectivity index (χ1n) is 8.14. The summed E-state index contributed by atoms with van der Waals surface area (Å²) in [4.78, 5) is 26.9. The molecule has 0 aliphatic carbocycles. The Kier molecular flexibility index (Phi) is 6.21. The summed E-state index contributed by atoms with van der Waals surface area (Å²) in [6, 6.07) is 9.04. The van der Waals surface area contributed by atoms with E-state index in [0.717, 1.165) is 12.1 Å². The van der Waals surface area contributed by atoms with E-state index in [9.17, 15) is 9.59 Å². The number of carbonyl (C=O) groups is 2. The van der Waals surface area contributed by atoms with Gasteiger partial charge in [-0.2, -0.15) is 0 Å². The number of para-hydroxylation sites is 1. The smallest absolute Gasteiger partial charge is 0.249 e. The lowest BCUT2D eigenvalue weighted by Gasteiger charge is -2.36. The highest BCUT2D eigenvalue weighted by Gasteiger charge is 2.39. The molecule has 0 bridgehead atoms. The van der Waals surface area contributed by atoms with Crippen LogP contribution in [-0.4, -0.2) is 43.2 Å². The van der Waals surface area contributed by atoms with Crippen molar-refractivity contribution in [3.63, 3.8) is 0 Å². The van der Waals surface area contributed by atoms with Gasteiger partial charge in [0.05, 0.1) is 5.54 Å². The average Bonchev–Trinajstić information content (AvgIpc) is 2.58. The molecule has 0 spiro atoms. The fraction of sp³-hybridized carbons (Fsp3) is 0.529. The molecular formula is C17H24ClN3O3. The fourth-order valence-electron chi connectivity index (χ4n) is 3.14. The molecule has 24 heavy (non-hydrogen) atoms. The van der Waals surface area contributed by atoms with Crippen molar-refractivity contribution in [3.05, 3.63) is 30.3 Å². The van der Waals surface area contributed by atoms with Gasteiger partial charge in [-0.1, -0.05) is 18.2 Å². The number of amides is 2. The van der Waals surface area contributed by atoms with E-state index in [0.29, 0.717) is 39.0 Å². The van der Waals surface area contributed by atoms with Gasteiger partial charge in [-0.15, -0.1) is 12.4 Å². The Morgan fingerprint density at radius 2 is 1.92 bits per heavy atom. The van der Waals surface area contributed by atoms with Crippen molar-refractivity contribution in [2.45, 2.75) is 37.3 Å². The summed E-state index contributed by atoms with van der Waals surface area (Å²) >= 11 is 0. The van der Waals surface area contributed by atoms with Gasteiger partial charge >= 0.3 is 0 Å². The molecule has 7 heteroatoms. The van der Waals surface area contributed by atoms with E-state index in [1.165, 1.54) is 0 Å². The highest BCUT2D eigenvalue weighted by atomic mass is 35.5. The Labute approximate surface area is 148 Å². The van der Waals surface area contributed by atoms with Crippen LogP contribution in [0.5, 0.6) is 0 Å². The normalized spacial score (nSPS) is 23.3. The number of nitrogens with one attached hydrogen (secondary N) is 1. The SMILES string of the molecule is Cl.NC1(C(=O)NC2CCCN(c3ccccc3)C2=O)CCOCC1. The number of halogens is 1. The molecule has 0 aromatic heterocycles. The summed E-state index contributed by atoms with van der Waals surface area (Å²) in [6.07, 6.45) is 2.48. The quantitative estimate of drug-likeness (QED) is 0.856. The topological polar surface area (TPSA) is 84.7 Å². The lowest BCUT2D eigenvalue weighted by Crippen LogP contribution is -2.62. The van der Waals surface area contributed by atoms with E-state index in [1.807, 2.05) is 30.3 Å². The van der Waals surface area contributed by atoms with Gasteiger partial charge in [0.15, 0.2) is 0 Å². The Morgan fingerprint density at radius 1 is 1.25 bits per heavy atom. The van der Waals surface area contributed by atoms with E-state index < -0.39 is 11.6 Å². The second kappa shape index (κ2) is 7.96. The van der Waals surface area contributed by atoms with E-state index in [2.05, 4.69) is 5.32 Å². The third-order valence-corrected chi connectivity index (χ3v) is 4.65. The van der Waals surface area contributed by atoms with Crippen LogP contribution >= 0.6 is 12.4 Å². The second-order valence-corrected chi connectivity index (χ2v) is 6.26. The molecule has 2 aliphatic heterocycles. The minimum absolute atomic E-state index is 0. The maximum absolute atomic E-state index is 12.7. The maximum atomic E-state index is 12.7. The Balaban J connectivity index is 0.00000208. The van der Waals surface area contributed by atoms with Gasteiger partial charge in [0.25, 0.3) is 0 Å². The number of ether oxygens (including phenoxy) is 1. The average molecular weight is 354 g/mol. The number of hydrogen-bond donors (Lipinski definition) is 2. The summed E-state index contributed by atoms with van der Waals surface area (Å²) in [5, 5.41) is 2.87. The van der Waals surface area contributed by atoms with Crippen LogP contribution in [0.15, 0.2) is 30.3 Å². The first kappa shape index (κ1) is 18.7. The molecule has 1 aromatic carbocycles. The summed E-state index contributed by atoms with van der Waals surface area (Å²) in [6.45, 7) is 1.65. The van der Waals surface area contributed by atoms with E-state index in [1.54, 1.807) is 4.90 Å². The first-order chi connectivity index (χ1) is 11.1. The zero-order chi connectivity index (χ0) is 16.3. The van der Waals surface area contributed by atoms with Crippen LogP contribution in [0.3, 0.4) is 0 Å². The number of benzene rings is 1. The number of nitrogens with two attached hydrogens (primary N) is 1. The van der Waals surface area contributed by atoms with Crippen LogP contribution in [0.4, 0.5) is 5.69 Å². The van der Waals surface area contributed by atoms with E-state index in [4.69, 9.17) is 10.5 Å². The lowest BCUT2D eigenvalue weighted by atomic mass is 9.89. The second-order valence-electron chi connectivity index (χ2n) is 6.26. The van der Waals surface area contributed by atoms with Gasteiger partial charge in [-0.05, 0) is 37.8 Å². The van der Waals surface area contributed by atoms with Crippen molar-refractivity contribution < 1.29 is 14.3 Å².